The Morgan fingerprint density at radius 2 is 1.94 bits per heavy atom. The molecule has 0 saturated carbocycles. The van der Waals surface area contributed by atoms with Crippen molar-refractivity contribution in [2.75, 3.05) is 23.3 Å². The molecule has 1 fully saturated rings. The third-order valence-corrected chi connectivity index (χ3v) is 6.76. The van der Waals surface area contributed by atoms with Crippen molar-refractivity contribution in [3.8, 4) is 0 Å². The Hall–Kier alpha value is -2.87. The molecule has 0 aliphatic carbocycles. The van der Waals surface area contributed by atoms with Crippen LogP contribution in [-0.4, -0.2) is 29.1 Å². The van der Waals surface area contributed by atoms with Crippen molar-refractivity contribution in [3.63, 3.8) is 0 Å². The Kier molecular flexibility index (Phi) is 6.22. The number of nitrogens with one attached hydrogen (secondary N) is 1. The lowest BCUT2D eigenvalue weighted by Gasteiger charge is -2.37. The number of hydrogen-bond acceptors (Lipinski definition) is 6. The number of carbonyl (C=O) groups is 1. The molecule has 0 spiro atoms. The maximum atomic E-state index is 13.0. The highest BCUT2D eigenvalue weighted by molar-refractivity contribution is 9.10. The number of aromatic nitrogens is 1. The van der Waals surface area contributed by atoms with Crippen LogP contribution in [0.1, 0.15) is 61.3 Å². The molecule has 1 atom stereocenters. The number of carboxylic acid groups (broad SMARTS) is 1. The van der Waals surface area contributed by atoms with Crippen LogP contribution in [0, 0.1) is 12.3 Å². The maximum Gasteiger partial charge on any atom is 0.356 e. The van der Waals surface area contributed by atoms with Crippen molar-refractivity contribution in [1.29, 1.82) is 0 Å². The van der Waals surface area contributed by atoms with Gasteiger partial charge in [-0.3, -0.25) is 4.79 Å². The second-order valence-electron chi connectivity index (χ2n) is 9.53. The number of aromatic carboxylic acids is 1. The Morgan fingerprint density at radius 3 is 2.61 bits per heavy atom. The van der Waals surface area contributed by atoms with Crippen molar-refractivity contribution in [2.24, 2.45) is 5.41 Å². The summed E-state index contributed by atoms with van der Waals surface area (Å²) >= 11 is 3.22. The second kappa shape index (κ2) is 8.82. The van der Waals surface area contributed by atoms with E-state index in [0.29, 0.717) is 27.1 Å². The quantitative estimate of drug-likeness (QED) is 0.418. The predicted octanol–water partition coefficient (Wildman–Crippen LogP) is 5.76. The third-order valence-electron chi connectivity index (χ3n) is 6.32. The topological polar surface area (TPSA) is 95.7 Å². The van der Waals surface area contributed by atoms with Gasteiger partial charge in [-0.2, -0.15) is 0 Å². The van der Waals surface area contributed by atoms with Crippen LogP contribution in [0.3, 0.4) is 0 Å². The molecule has 1 aliphatic rings. The summed E-state index contributed by atoms with van der Waals surface area (Å²) in [7, 11) is 0. The molecule has 8 heteroatoms. The Bertz CT molecular complexity index is 1270. The van der Waals surface area contributed by atoms with Crippen LogP contribution in [-0.2, 0) is 0 Å². The lowest BCUT2D eigenvalue weighted by Crippen LogP contribution is -2.37. The molecule has 1 unspecified atom stereocenters. The predicted molar refractivity (Wildman–Crippen MR) is 133 cm³/mol. The van der Waals surface area contributed by atoms with Gasteiger partial charge in [-0.1, -0.05) is 19.9 Å². The monoisotopic (exact) mass is 513 g/mol. The van der Waals surface area contributed by atoms with E-state index in [2.05, 4.69) is 45.0 Å². The molecule has 3 heterocycles. The SMILES string of the molecule is Cc1cc(C(C)Nc2ccc(Br)nc2C(=O)O)c2oc(N3CCC(C)(C)CC3)cc(=O)c2c1. The molecule has 174 valence electrons. The van der Waals surface area contributed by atoms with Gasteiger partial charge in [0.25, 0.3) is 0 Å². The number of benzene rings is 1. The van der Waals surface area contributed by atoms with E-state index in [9.17, 15) is 14.7 Å². The zero-order valence-corrected chi connectivity index (χ0v) is 20.8. The Morgan fingerprint density at radius 1 is 1.24 bits per heavy atom. The minimum absolute atomic E-state index is 0.0775. The highest BCUT2D eigenvalue weighted by atomic mass is 79.9. The minimum atomic E-state index is -1.12. The van der Waals surface area contributed by atoms with Crippen LogP contribution in [0.15, 0.2) is 44.1 Å². The van der Waals surface area contributed by atoms with Gasteiger partial charge in [0, 0.05) is 24.7 Å². The summed E-state index contributed by atoms with van der Waals surface area (Å²) in [6.07, 6.45) is 2.06. The summed E-state index contributed by atoms with van der Waals surface area (Å²) in [5, 5.41) is 13.3. The number of anilines is 2. The van der Waals surface area contributed by atoms with Crippen molar-refractivity contribution >= 4 is 44.4 Å². The first kappa shape index (κ1) is 23.3. The summed E-state index contributed by atoms with van der Waals surface area (Å²) in [5.74, 6) is -0.543. The molecule has 1 aliphatic heterocycles. The van der Waals surface area contributed by atoms with Gasteiger partial charge in [-0.15, -0.1) is 0 Å². The number of rotatable bonds is 5. The largest absolute Gasteiger partial charge is 0.476 e. The van der Waals surface area contributed by atoms with Crippen LogP contribution in [0.4, 0.5) is 11.6 Å². The average molecular weight is 514 g/mol. The maximum absolute atomic E-state index is 13.0. The number of halogens is 1. The standard InChI is InChI=1S/C25H28BrN3O4/c1-14-11-16(15(2)27-18-5-6-20(26)28-22(18)24(31)32)23-17(12-14)19(30)13-21(33-23)29-9-7-25(3,4)8-10-29/h5-6,11-13,15,27H,7-10H2,1-4H3,(H,31,32). The summed E-state index contributed by atoms with van der Waals surface area (Å²) < 4.78 is 6.78. The fraction of sp³-hybridized carbons (Fsp3) is 0.400. The van der Waals surface area contributed by atoms with Gasteiger partial charge in [-0.05, 0) is 71.8 Å². The zero-order valence-electron chi connectivity index (χ0n) is 19.2. The van der Waals surface area contributed by atoms with Crippen LogP contribution in [0.25, 0.3) is 11.0 Å². The van der Waals surface area contributed by atoms with Crippen molar-refractivity contribution < 1.29 is 14.3 Å². The Labute approximate surface area is 200 Å². The van der Waals surface area contributed by atoms with Crippen molar-refractivity contribution in [2.45, 2.75) is 46.6 Å². The van der Waals surface area contributed by atoms with E-state index in [1.165, 1.54) is 0 Å². The van der Waals surface area contributed by atoms with Crippen LogP contribution < -0.4 is 15.6 Å². The third kappa shape index (κ3) is 4.90. The first-order chi connectivity index (χ1) is 15.5. The van der Waals surface area contributed by atoms with E-state index in [4.69, 9.17) is 4.42 Å². The molecular formula is C25H28BrN3O4. The zero-order chi connectivity index (χ0) is 23.9. The number of aryl methyl sites for hydroxylation is 1. The number of carboxylic acids is 1. The molecule has 0 amide bonds. The van der Waals surface area contributed by atoms with E-state index < -0.39 is 5.97 Å². The highest BCUT2D eigenvalue weighted by Gasteiger charge is 2.27. The van der Waals surface area contributed by atoms with Gasteiger partial charge in [0.05, 0.1) is 17.1 Å². The summed E-state index contributed by atoms with van der Waals surface area (Å²) in [5.41, 5.74) is 2.77. The molecule has 3 aromatic rings. The second-order valence-corrected chi connectivity index (χ2v) is 10.3. The molecule has 1 aromatic carbocycles. The average Bonchev–Trinajstić information content (AvgIpc) is 2.74. The van der Waals surface area contributed by atoms with E-state index in [1.54, 1.807) is 18.2 Å². The fourth-order valence-corrected chi connectivity index (χ4v) is 4.57. The lowest BCUT2D eigenvalue weighted by atomic mass is 9.83. The van der Waals surface area contributed by atoms with E-state index in [-0.39, 0.29) is 22.6 Å². The summed E-state index contributed by atoms with van der Waals surface area (Å²) in [6.45, 7) is 10.0. The van der Waals surface area contributed by atoms with Crippen molar-refractivity contribution in [1.82, 2.24) is 4.98 Å². The normalized spacial score (nSPS) is 16.6. The van der Waals surface area contributed by atoms with Gasteiger partial charge in [-0.25, -0.2) is 9.78 Å². The number of piperidine rings is 1. The molecule has 4 rings (SSSR count). The van der Waals surface area contributed by atoms with E-state index >= 15 is 0 Å². The number of nitrogens with zero attached hydrogens (tertiary/aromatic N) is 2. The van der Waals surface area contributed by atoms with Gasteiger partial charge < -0.3 is 19.7 Å². The Balaban J connectivity index is 1.75. The molecular weight excluding hydrogens is 486 g/mol. The molecule has 1 saturated heterocycles. The molecule has 2 aromatic heterocycles. The molecule has 0 bridgehead atoms. The van der Waals surface area contributed by atoms with Crippen LogP contribution in [0.5, 0.6) is 0 Å². The molecule has 33 heavy (non-hydrogen) atoms. The van der Waals surface area contributed by atoms with Gasteiger partial charge in [0.1, 0.15) is 10.2 Å². The number of fused-ring (bicyclic) bond motifs is 1. The number of pyridine rings is 1. The first-order valence-corrected chi connectivity index (χ1v) is 11.8. The fourth-order valence-electron chi connectivity index (χ4n) is 4.26. The lowest BCUT2D eigenvalue weighted by molar-refractivity contribution is 0.0691. The molecule has 7 nitrogen and oxygen atoms in total. The van der Waals surface area contributed by atoms with Gasteiger partial charge >= 0.3 is 5.97 Å². The highest BCUT2D eigenvalue weighted by Crippen LogP contribution is 2.34. The van der Waals surface area contributed by atoms with Crippen LogP contribution >= 0.6 is 15.9 Å². The van der Waals surface area contributed by atoms with E-state index in [1.807, 2.05) is 26.0 Å². The van der Waals surface area contributed by atoms with Gasteiger partial charge in [0.15, 0.2) is 17.0 Å². The summed E-state index contributed by atoms with van der Waals surface area (Å²) in [6, 6.07) is 8.43. The molecule has 0 radical (unpaired) electrons. The first-order valence-electron chi connectivity index (χ1n) is 11.0. The van der Waals surface area contributed by atoms with E-state index in [0.717, 1.165) is 37.1 Å². The van der Waals surface area contributed by atoms with Crippen LogP contribution in [0.2, 0.25) is 0 Å². The summed E-state index contributed by atoms with van der Waals surface area (Å²) in [4.78, 5) is 30.9. The van der Waals surface area contributed by atoms with Gasteiger partial charge in [0.2, 0.25) is 0 Å². The van der Waals surface area contributed by atoms with Crippen molar-refractivity contribution in [3.05, 3.63) is 62.0 Å². The molecule has 2 N–H and O–H groups in total. The smallest absolute Gasteiger partial charge is 0.356 e. The number of hydrogen-bond donors (Lipinski definition) is 2. The minimum Gasteiger partial charge on any atom is -0.476 e.